The Hall–Kier alpha value is -1.13. The van der Waals surface area contributed by atoms with Crippen molar-refractivity contribution in [1.82, 2.24) is 5.32 Å². The van der Waals surface area contributed by atoms with E-state index in [9.17, 15) is 40.5 Å². The lowest BCUT2D eigenvalue weighted by Crippen LogP contribution is -2.69. The predicted octanol–water partition coefficient (Wildman–Crippen LogP) is -7.79. The summed E-state index contributed by atoms with van der Waals surface area (Å²) < 4.78 is 22.7. The number of hydrogen-bond donors (Lipinski definition) is 12. The summed E-state index contributed by atoms with van der Waals surface area (Å²) in [6.45, 7) is -0.764. The van der Waals surface area contributed by atoms with Gasteiger partial charge in [-0.2, -0.15) is 0 Å². The molecule has 16 N–H and O–H groups in total. The molecule has 17 nitrogen and oxygen atoms in total. The van der Waals surface area contributed by atoms with Gasteiger partial charge < -0.3 is 82.9 Å². The van der Waals surface area contributed by atoms with Crippen LogP contribution in [0, 0.1) is 0 Å². The van der Waals surface area contributed by atoms with Gasteiger partial charge in [-0.15, -0.1) is 0 Å². The molecule has 0 aromatic rings. The molecule has 1 saturated carbocycles. The average molecular weight is 556 g/mol. The smallest absolute Gasteiger partial charge is 0.249 e. The second kappa shape index (κ2) is 13.5. The van der Waals surface area contributed by atoms with E-state index in [2.05, 4.69) is 5.32 Å². The fourth-order valence-electron chi connectivity index (χ4n) is 4.84. The Morgan fingerprint density at radius 1 is 0.895 bits per heavy atom. The van der Waals surface area contributed by atoms with Crippen LogP contribution in [0.2, 0.25) is 0 Å². The number of amides is 1. The van der Waals surface area contributed by atoms with Crippen LogP contribution in [0.1, 0.15) is 12.8 Å². The first kappa shape index (κ1) is 31.4. The number of rotatable bonds is 10. The fourth-order valence-corrected chi connectivity index (χ4v) is 4.84. The van der Waals surface area contributed by atoms with Crippen LogP contribution in [-0.4, -0.2) is 153 Å². The van der Waals surface area contributed by atoms with Crippen LogP contribution in [0.5, 0.6) is 0 Å². The van der Waals surface area contributed by atoms with Crippen molar-refractivity contribution in [2.75, 3.05) is 19.7 Å². The molecule has 0 bridgehead atoms. The predicted molar refractivity (Wildman–Crippen MR) is 125 cm³/mol. The van der Waals surface area contributed by atoms with E-state index in [1.807, 2.05) is 0 Å². The molecule has 222 valence electrons. The summed E-state index contributed by atoms with van der Waals surface area (Å²) in [4.78, 5) is 12.4. The van der Waals surface area contributed by atoms with Gasteiger partial charge in [0.05, 0.1) is 18.7 Å². The van der Waals surface area contributed by atoms with Gasteiger partial charge in [0, 0.05) is 12.6 Å². The van der Waals surface area contributed by atoms with Crippen LogP contribution in [0.15, 0.2) is 0 Å². The van der Waals surface area contributed by atoms with Crippen LogP contribution < -0.4 is 28.3 Å². The highest BCUT2D eigenvalue weighted by atomic mass is 16.7. The lowest BCUT2D eigenvalue weighted by atomic mass is 9.83. The fraction of sp³-hybridized carbons (Fsp3) is 0.952. The van der Waals surface area contributed by atoms with Gasteiger partial charge in [-0.3, -0.25) is 4.79 Å². The number of carbonyl (C=O) groups is 1. The Labute approximate surface area is 218 Å². The van der Waals surface area contributed by atoms with Gasteiger partial charge in [0.1, 0.15) is 61.0 Å². The van der Waals surface area contributed by atoms with E-state index in [0.717, 1.165) is 0 Å². The van der Waals surface area contributed by atoms with E-state index in [4.69, 9.17) is 41.9 Å². The summed E-state index contributed by atoms with van der Waals surface area (Å²) in [7, 11) is 0. The zero-order valence-electron chi connectivity index (χ0n) is 20.7. The number of aliphatic hydroxyl groups excluding tert-OH is 7. The van der Waals surface area contributed by atoms with Crippen LogP contribution in [0.25, 0.3) is 0 Å². The standard InChI is InChI=1S/C21H41N5O12/c22-2-1-8(28)19(34)26-7-3-6(24)17(37-20-11(25)15(32)13(30)9(4-23)35-20)18(12(7)29)38-21-16(33)14(31)10(5-27)36-21/h6-18,20-21,27-33H,1-5,22-25H2,(H,26,34)/t6-,7+,8-,9+,10+,11+,12-,13+,14-,15+,16+,17+,18+,20+,21-/m0/s1. The van der Waals surface area contributed by atoms with E-state index >= 15 is 0 Å². The summed E-state index contributed by atoms with van der Waals surface area (Å²) in [5.74, 6) is -0.807. The third-order valence-corrected chi connectivity index (χ3v) is 7.15. The molecule has 15 atom stereocenters. The first-order chi connectivity index (χ1) is 17.9. The van der Waals surface area contributed by atoms with Gasteiger partial charge in [-0.05, 0) is 19.4 Å². The van der Waals surface area contributed by atoms with Crippen molar-refractivity contribution in [1.29, 1.82) is 0 Å². The molecule has 3 rings (SSSR count). The number of carbonyl (C=O) groups excluding carboxylic acids is 1. The Morgan fingerprint density at radius 2 is 1.50 bits per heavy atom. The van der Waals surface area contributed by atoms with Crippen molar-refractivity contribution in [3.63, 3.8) is 0 Å². The molecule has 1 aliphatic carbocycles. The van der Waals surface area contributed by atoms with Crippen LogP contribution in [-0.2, 0) is 23.7 Å². The number of aliphatic hydroxyl groups is 7. The summed E-state index contributed by atoms with van der Waals surface area (Å²) >= 11 is 0. The number of nitrogens with one attached hydrogen (secondary N) is 1. The number of hydrogen-bond acceptors (Lipinski definition) is 16. The highest BCUT2D eigenvalue weighted by Gasteiger charge is 2.53. The second-order valence-corrected chi connectivity index (χ2v) is 9.84. The van der Waals surface area contributed by atoms with Crippen molar-refractivity contribution in [3.8, 4) is 0 Å². The van der Waals surface area contributed by atoms with Crippen molar-refractivity contribution in [2.45, 2.75) is 105 Å². The molecule has 38 heavy (non-hydrogen) atoms. The largest absolute Gasteiger partial charge is 0.394 e. The molecule has 3 aliphatic rings. The number of ether oxygens (including phenoxy) is 4. The molecule has 17 heteroatoms. The Kier molecular flexibility index (Phi) is 11.1. The van der Waals surface area contributed by atoms with Crippen molar-refractivity contribution < 1.29 is 59.5 Å². The van der Waals surface area contributed by atoms with Crippen molar-refractivity contribution >= 4 is 5.91 Å². The second-order valence-electron chi connectivity index (χ2n) is 9.84. The zero-order valence-corrected chi connectivity index (χ0v) is 20.7. The minimum Gasteiger partial charge on any atom is -0.394 e. The van der Waals surface area contributed by atoms with E-state index in [1.54, 1.807) is 0 Å². The van der Waals surface area contributed by atoms with E-state index in [1.165, 1.54) is 0 Å². The highest BCUT2D eigenvalue weighted by Crippen LogP contribution is 2.32. The van der Waals surface area contributed by atoms with Gasteiger partial charge in [-0.25, -0.2) is 0 Å². The molecular weight excluding hydrogens is 514 g/mol. The minimum absolute atomic E-state index is 0.0255. The maximum Gasteiger partial charge on any atom is 0.249 e. The van der Waals surface area contributed by atoms with Gasteiger partial charge in [0.2, 0.25) is 5.91 Å². The monoisotopic (exact) mass is 555 g/mol. The summed E-state index contributed by atoms with van der Waals surface area (Å²) in [5.41, 5.74) is 23.3. The summed E-state index contributed by atoms with van der Waals surface area (Å²) in [6, 6.07) is -3.29. The highest BCUT2D eigenvalue weighted by molar-refractivity contribution is 5.80. The quantitative estimate of drug-likeness (QED) is 0.119. The molecule has 2 aliphatic heterocycles. The first-order valence-electron chi connectivity index (χ1n) is 12.5. The lowest BCUT2D eigenvalue weighted by Gasteiger charge is -2.48. The van der Waals surface area contributed by atoms with Crippen LogP contribution in [0.4, 0.5) is 0 Å². The first-order valence-corrected chi connectivity index (χ1v) is 12.5. The van der Waals surface area contributed by atoms with Gasteiger partial charge >= 0.3 is 0 Å². The van der Waals surface area contributed by atoms with Crippen LogP contribution >= 0.6 is 0 Å². The molecular formula is C21H41N5O12. The zero-order chi connectivity index (χ0) is 28.3. The average Bonchev–Trinajstić information content (AvgIpc) is 3.16. The summed E-state index contributed by atoms with van der Waals surface area (Å²) in [5, 5.41) is 74.0. The SMILES string of the molecule is NCC[C@H](O)C(=O)N[C@@H]1C[C@H](N)[C@@H](O[C@H]2O[C@H](CN)[C@@H](O)[C@H](O)[C@H]2N)[C@H](O[C@@H]2O[C@H](CO)[C@H](O)[C@H]2O)[C@H]1O. The maximum atomic E-state index is 12.4. The van der Waals surface area contributed by atoms with E-state index < -0.39 is 104 Å². The number of nitrogens with two attached hydrogens (primary N) is 4. The molecule has 3 fully saturated rings. The van der Waals surface area contributed by atoms with Crippen molar-refractivity contribution in [3.05, 3.63) is 0 Å². The third kappa shape index (κ3) is 6.60. The third-order valence-electron chi connectivity index (χ3n) is 7.15. The molecule has 0 aromatic heterocycles. The molecule has 0 radical (unpaired) electrons. The van der Waals surface area contributed by atoms with Gasteiger partial charge in [0.15, 0.2) is 12.6 Å². The normalized spacial score (nSPS) is 46.6. The van der Waals surface area contributed by atoms with Gasteiger partial charge in [0.25, 0.3) is 0 Å². The van der Waals surface area contributed by atoms with Gasteiger partial charge in [-0.1, -0.05) is 0 Å². The maximum absolute atomic E-state index is 12.4. The molecule has 2 saturated heterocycles. The van der Waals surface area contributed by atoms with E-state index in [0.29, 0.717) is 0 Å². The molecule has 0 aromatic carbocycles. The summed E-state index contributed by atoms with van der Waals surface area (Å²) in [6.07, 6.45) is -16.9. The molecule has 2 heterocycles. The topological polar surface area (TPSA) is 312 Å². The van der Waals surface area contributed by atoms with Crippen LogP contribution in [0.3, 0.4) is 0 Å². The van der Waals surface area contributed by atoms with Crippen molar-refractivity contribution in [2.24, 2.45) is 22.9 Å². The Morgan fingerprint density at radius 3 is 2.08 bits per heavy atom. The van der Waals surface area contributed by atoms with E-state index in [-0.39, 0.29) is 25.9 Å². The molecule has 0 spiro atoms. The Balaban J connectivity index is 1.84. The minimum atomic E-state index is -1.62. The lowest BCUT2D eigenvalue weighted by molar-refractivity contribution is -0.307. The molecule has 1 amide bonds. The molecule has 0 unspecified atom stereocenters. The Bertz CT molecular complexity index is 770.